The Morgan fingerprint density at radius 1 is 1.68 bits per heavy atom. The van der Waals surface area contributed by atoms with E-state index >= 15 is 0 Å². The van der Waals surface area contributed by atoms with Crippen molar-refractivity contribution >= 4 is 22.3 Å². The number of nitrogens with zero attached hydrogens (tertiary/aromatic N) is 2. The number of hydrogen-bond acceptors (Lipinski definition) is 5. The average molecular weight is 284 g/mol. The summed E-state index contributed by atoms with van der Waals surface area (Å²) < 4.78 is 0. The number of carboxylic acid groups (broad SMARTS) is 1. The predicted molar refractivity (Wildman–Crippen MR) is 71.3 cm³/mol. The third-order valence-electron chi connectivity index (χ3n) is 3.80. The molecule has 0 radical (unpaired) electrons. The molecule has 1 atom stereocenters. The zero-order valence-corrected chi connectivity index (χ0v) is 11.5. The van der Waals surface area contributed by atoms with Crippen molar-refractivity contribution in [3.63, 3.8) is 0 Å². The van der Waals surface area contributed by atoms with Gasteiger partial charge < -0.3 is 5.11 Å². The molecule has 1 saturated heterocycles. The summed E-state index contributed by atoms with van der Waals surface area (Å²) in [5, 5.41) is 21.9. The zero-order valence-electron chi connectivity index (χ0n) is 10.7. The van der Waals surface area contributed by atoms with Gasteiger partial charge in [-0.05, 0) is 31.4 Å². The average Bonchev–Trinajstić information content (AvgIpc) is 2.96. The number of carbonyl (C=O) groups is 1. The lowest BCUT2D eigenvalue weighted by Crippen LogP contribution is -2.49. The van der Waals surface area contributed by atoms with Crippen LogP contribution in [0.1, 0.15) is 31.7 Å². The SMILES string of the molecule is CCC1(C(=O)O)CCCN1Cc1csc([N+](=O)[O-])c1. The molecule has 0 bridgehead atoms. The van der Waals surface area contributed by atoms with E-state index in [4.69, 9.17) is 0 Å². The molecule has 1 aromatic rings. The normalized spacial score (nSPS) is 23.6. The highest BCUT2D eigenvalue weighted by Gasteiger charge is 2.46. The summed E-state index contributed by atoms with van der Waals surface area (Å²) in [5.74, 6) is -0.794. The van der Waals surface area contributed by atoms with E-state index < -0.39 is 16.4 Å². The minimum absolute atomic E-state index is 0.103. The van der Waals surface area contributed by atoms with Gasteiger partial charge in [0.05, 0.1) is 4.92 Å². The molecule has 1 aliphatic heterocycles. The monoisotopic (exact) mass is 284 g/mol. The van der Waals surface area contributed by atoms with Crippen LogP contribution in [0.4, 0.5) is 5.00 Å². The summed E-state index contributed by atoms with van der Waals surface area (Å²) >= 11 is 1.08. The highest BCUT2D eigenvalue weighted by atomic mass is 32.1. The van der Waals surface area contributed by atoms with E-state index in [0.717, 1.165) is 29.9 Å². The van der Waals surface area contributed by atoms with Gasteiger partial charge in [-0.15, -0.1) is 0 Å². The number of rotatable bonds is 5. The molecular formula is C12H16N2O4S. The second-order valence-corrected chi connectivity index (χ2v) is 5.66. The maximum atomic E-state index is 11.5. The van der Waals surface area contributed by atoms with Crippen LogP contribution in [0.5, 0.6) is 0 Å². The standard InChI is InChI=1S/C12H16N2O4S/c1-2-12(11(15)16)4-3-5-13(12)7-9-6-10(14(17)18)19-8-9/h6,8H,2-5,7H2,1H3,(H,15,16). The Morgan fingerprint density at radius 2 is 2.42 bits per heavy atom. The topological polar surface area (TPSA) is 83.7 Å². The van der Waals surface area contributed by atoms with E-state index in [0.29, 0.717) is 19.4 Å². The number of likely N-dealkylation sites (tertiary alicyclic amines) is 1. The van der Waals surface area contributed by atoms with Crippen LogP contribution in [0.15, 0.2) is 11.4 Å². The van der Waals surface area contributed by atoms with Crippen LogP contribution in [0, 0.1) is 10.1 Å². The lowest BCUT2D eigenvalue weighted by atomic mass is 9.93. The summed E-state index contributed by atoms with van der Waals surface area (Å²) in [6.07, 6.45) is 2.05. The van der Waals surface area contributed by atoms with Crippen LogP contribution in [-0.4, -0.2) is 33.0 Å². The molecule has 1 aliphatic rings. The van der Waals surface area contributed by atoms with Gasteiger partial charge in [0.1, 0.15) is 5.54 Å². The van der Waals surface area contributed by atoms with Gasteiger partial charge in [-0.25, -0.2) is 0 Å². The molecule has 2 heterocycles. The maximum Gasteiger partial charge on any atom is 0.324 e. The van der Waals surface area contributed by atoms with Gasteiger partial charge in [-0.2, -0.15) is 0 Å². The number of nitro groups is 1. The molecule has 0 spiro atoms. The fourth-order valence-corrected chi connectivity index (χ4v) is 3.44. The summed E-state index contributed by atoms with van der Waals surface area (Å²) in [5.41, 5.74) is 0.00848. The zero-order chi connectivity index (χ0) is 14.0. The first-order valence-electron chi connectivity index (χ1n) is 6.20. The summed E-state index contributed by atoms with van der Waals surface area (Å²) in [7, 11) is 0. The van der Waals surface area contributed by atoms with Crippen molar-refractivity contribution in [1.82, 2.24) is 4.90 Å². The van der Waals surface area contributed by atoms with Gasteiger partial charge in [-0.3, -0.25) is 19.8 Å². The molecule has 2 rings (SSSR count). The fraction of sp³-hybridized carbons (Fsp3) is 0.583. The first kappa shape index (κ1) is 14.0. The van der Waals surface area contributed by atoms with E-state index in [1.165, 1.54) is 6.07 Å². The molecule has 6 nitrogen and oxygen atoms in total. The number of carboxylic acids is 1. The third-order valence-corrected chi connectivity index (χ3v) is 4.73. The Bertz CT molecular complexity index is 502. The molecule has 0 amide bonds. The molecule has 0 aromatic carbocycles. The highest BCUT2D eigenvalue weighted by molar-refractivity contribution is 7.13. The highest BCUT2D eigenvalue weighted by Crippen LogP contribution is 2.35. The molecule has 104 valence electrons. The van der Waals surface area contributed by atoms with Crippen LogP contribution in [-0.2, 0) is 11.3 Å². The Hall–Kier alpha value is -1.47. The quantitative estimate of drug-likeness (QED) is 0.663. The predicted octanol–water partition coefficient (Wildman–Crippen LogP) is 2.49. The molecule has 0 saturated carbocycles. The van der Waals surface area contributed by atoms with E-state index in [-0.39, 0.29) is 5.00 Å². The van der Waals surface area contributed by atoms with Crippen LogP contribution in [0.2, 0.25) is 0 Å². The van der Waals surface area contributed by atoms with Crippen LogP contribution < -0.4 is 0 Å². The summed E-state index contributed by atoms with van der Waals surface area (Å²) in [6, 6.07) is 1.53. The van der Waals surface area contributed by atoms with E-state index in [1.54, 1.807) is 5.38 Å². The summed E-state index contributed by atoms with van der Waals surface area (Å²) in [4.78, 5) is 23.7. The minimum atomic E-state index is -0.809. The molecule has 0 aliphatic carbocycles. The van der Waals surface area contributed by atoms with Gasteiger partial charge >= 0.3 is 11.0 Å². The number of hydrogen-bond donors (Lipinski definition) is 1. The van der Waals surface area contributed by atoms with E-state index in [1.807, 2.05) is 11.8 Å². The van der Waals surface area contributed by atoms with Crippen molar-refractivity contribution in [2.24, 2.45) is 0 Å². The largest absolute Gasteiger partial charge is 0.480 e. The lowest BCUT2D eigenvalue weighted by Gasteiger charge is -2.33. The number of aliphatic carboxylic acids is 1. The van der Waals surface area contributed by atoms with Crippen molar-refractivity contribution in [1.29, 1.82) is 0 Å². The molecule has 19 heavy (non-hydrogen) atoms. The molecule has 1 N–H and O–H groups in total. The van der Waals surface area contributed by atoms with E-state index in [2.05, 4.69) is 0 Å². The maximum absolute atomic E-state index is 11.5. The fourth-order valence-electron chi connectivity index (χ4n) is 2.72. The second-order valence-electron chi connectivity index (χ2n) is 4.77. The van der Waals surface area contributed by atoms with Crippen LogP contribution >= 0.6 is 11.3 Å². The van der Waals surface area contributed by atoms with Gasteiger partial charge in [0.15, 0.2) is 0 Å². The van der Waals surface area contributed by atoms with Crippen LogP contribution in [0.3, 0.4) is 0 Å². The molecular weight excluding hydrogens is 268 g/mol. The van der Waals surface area contributed by atoms with Gasteiger partial charge in [0, 0.05) is 18.0 Å². The Kier molecular flexibility index (Phi) is 3.86. The lowest BCUT2D eigenvalue weighted by molar-refractivity contribution is -0.380. The number of thiophene rings is 1. The molecule has 7 heteroatoms. The van der Waals surface area contributed by atoms with Crippen molar-refractivity contribution < 1.29 is 14.8 Å². The van der Waals surface area contributed by atoms with Gasteiger partial charge in [0.2, 0.25) is 0 Å². The van der Waals surface area contributed by atoms with Gasteiger partial charge in [-0.1, -0.05) is 18.3 Å². The third kappa shape index (κ3) is 2.48. The Labute approximate surface area is 114 Å². The van der Waals surface area contributed by atoms with Gasteiger partial charge in [0.25, 0.3) is 0 Å². The molecule has 1 unspecified atom stereocenters. The Morgan fingerprint density at radius 3 is 2.95 bits per heavy atom. The van der Waals surface area contributed by atoms with Crippen LogP contribution in [0.25, 0.3) is 0 Å². The molecule has 1 aromatic heterocycles. The first-order chi connectivity index (χ1) is 8.99. The van der Waals surface area contributed by atoms with Crippen molar-refractivity contribution in [3.8, 4) is 0 Å². The molecule has 1 fully saturated rings. The second kappa shape index (κ2) is 5.26. The minimum Gasteiger partial charge on any atom is -0.480 e. The smallest absolute Gasteiger partial charge is 0.324 e. The van der Waals surface area contributed by atoms with Crippen molar-refractivity contribution in [2.75, 3.05) is 6.54 Å². The van der Waals surface area contributed by atoms with E-state index in [9.17, 15) is 20.0 Å². The van der Waals surface area contributed by atoms with Crippen molar-refractivity contribution in [2.45, 2.75) is 38.3 Å². The summed E-state index contributed by atoms with van der Waals surface area (Å²) in [6.45, 7) is 3.07. The first-order valence-corrected chi connectivity index (χ1v) is 7.08. The van der Waals surface area contributed by atoms with Crippen molar-refractivity contribution in [3.05, 3.63) is 27.1 Å². The Balaban J connectivity index is 2.17.